The minimum absolute atomic E-state index is 0.00338. The summed E-state index contributed by atoms with van der Waals surface area (Å²) in [5, 5.41) is 32.0. The molecular formula is C22H15NO6. The molecule has 0 fully saturated rings. The van der Waals surface area contributed by atoms with Gasteiger partial charge in [0.25, 0.3) is 5.69 Å². The molecule has 144 valence electrons. The van der Waals surface area contributed by atoms with Crippen molar-refractivity contribution in [2.75, 3.05) is 0 Å². The van der Waals surface area contributed by atoms with Gasteiger partial charge in [-0.15, -0.1) is 0 Å². The van der Waals surface area contributed by atoms with Crippen molar-refractivity contribution >= 4 is 17.3 Å². The molecule has 1 aliphatic carbocycles. The monoisotopic (exact) mass is 389 g/mol. The number of carbonyl (C=O) groups is 2. The van der Waals surface area contributed by atoms with Crippen LogP contribution in [0.1, 0.15) is 39.9 Å². The number of Topliss-reactive ketones (excluding diaryl/α,β-unsaturated/α-hetero) is 1. The predicted molar refractivity (Wildman–Crippen MR) is 104 cm³/mol. The van der Waals surface area contributed by atoms with Gasteiger partial charge in [0.1, 0.15) is 17.3 Å². The Bertz CT molecular complexity index is 1200. The second-order valence-electron chi connectivity index (χ2n) is 6.84. The van der Waals surface area contributed by atoms with Crippen molar-refractivity contribution in [1.82, 2.24) is 0 Å². The van der Waals surface area contributed by atoms with Gasteiger partial charge < -0.3 is 10.2 Å². The van der Waals surface area contributed by atoms with Crippen molar-refractivity contribution in [2.45, 2.75) is 12.8 Å². The Kier molecular flexibility index (Phi) is 4.15. The number of hydrogen-bond acceptors (Lipinski definition) is 6. The summed E-state index contributed by atoms with van der Waals surface area (Å²) in [6.07, 6.45) is 0. The quantitative estimate of drug-likeness (QED) is 0.517. The first-order valence-corrected chi connectivity index (χ1v) is 8.79. The maximum Gasteiger partial charge on any atom is 0.269 e. The van der Waals surface area contributed by atoms with E-state index < -0.39 is 16.6 Å². The summed E-state index contributed by atoms with van der Waals surface area (Å²) in [6, 6.07) is 13.3. The number of benzene rings is 3. The minimum Gasteiger partial charge on any atom is -0.507 e. The van der Waals surface area contributed by atoms with E-state index in [4.69, 9.17) is 0 Å². The van der Waals surface area contributed by atoms with E-state index >= 15 is 0 Å². The van der Waals surface area contributed by atoms with Crippen LogP contribution in [0.4, 0.5) is 5.69 Å². The van der Waals surface area contributed by atoms with E-state index in [1.807, 2.05) is 0 Å². The topological polar surface area (TPSA) is 118 Å². The fourth-order valence-corrected chi connectivity index (χ4v) is 3.86. The van der Waals surface area contributed by atoms with Crippen molar-refractivity contribution in [1.29, 1.82) is 0 Å². The van der Waals surface area contributed by atoms with E-state index in [2.05, 4.69) is 0 Å². The zero-order chi connectivity index (χ0) is 20.9. The first-order valence-electron chi connectivity index (χ1n) is 8.79. The Labute approximate surface area is 165 Å². The molecule has 0 aromatic heterocycles. The summed E-state index contributed by atoms with van der Waals surface area (Å²) >= 11 is 0. The maximum absolute atomic E-state index is 13.1. The highest BCUT2D eigenvalue weighted by Gasteiger charge is 2.37. The van der Waals surface area contributed by atoms with Crippen LogP contribution in [0.25, 0.3) is 11.1 Å². The fraction of sp³-hybridized carbons (Fsp3) is 0.0909. The number of nitrogens with zero attached hydrogens (tertiary/aromatic N) is 1. The van der Waals surface area contributed by atoms with Gasteiger partial charge in [-0.3, -0.25) is 19.7 Å². The molecule has 0 radical (unpaired) electrons. The summed E-state index contributed by atoms with van der Waals surface area (Å²) in [5.41, 5.74) is 1.39. The van der Waals surface area contributed by atoms with E-state index in [1.165, 1.54) is 37.3 Å². The van der Waals surface area contributed by atoms with Crippen LogP contribution in [0.5, 0.6) is 11.5 Å². The third-order valence-electron chi connectivity index (χ3n) is 5.16. The first kappa shape index (κ1) is 18.4. The van der Waals surface area contributed by atoms with Crippen LogP contribution in [0, 0.1) is 10.1 Å². The van der Waals surface area contributed by atoms with Crippen LogP contribution >= 0.6 is 0 Å². The average Bonchev–Trinajstić information content (AvgIpc) is 2.68. The SMILES string of the molecule is CC(=O)C1c2cccc(O)c2C(=O)c2c1ccc(-c1ccc([N+](=O)[O-])cc1)c2O. The van der Waals surface area contributed by atoms with Crippen molar-refractivity contribution in [3.8, 4) is 22.6 Å². The van der Waals surface area contributed by atoms with Gasteiger partial charge in [0.15, 0.2) is 0 Å². The number of hydrogen-bond donors (Lipinski definition) is 2. The number of fused-ring (bicyclic) bond motifs is 2. The third-order valence-corrected chi connectivity index (χ3v) is 5.16. The molecule has 0 saturated heterocycles. The Morgan fingerprint density at radius 3 is 2.24 bits per heavy atom. The molecule has 7 heteroatoms. The molecule has 0 heterocycles. The Morgan fingerprint density at radius 1 is 0.966 bits per heavy atom. The summed E-state index contributed by atoms with van der Waals surface area (Å²) in [4.78, 5) is 35.8. The number of rotatable bonds is 3. The molecule has 0 aliphatic heterocycles. The number of ketones is 2. The lowest BCUT2D eigenvalue weighted by Gasteiger charge is -2.27. The van der Waals surface area contributed by atoms with Crippen molar-refractivity contribution in [2.24, 2.45) is 0 Å². The number of nitro benzene ring substituents is 1. The molecule has 3 aromatic carbocycles. The molecule has 3 aromatic rings. The van der Waals surface area contributed by atoms with Gasteiger partial charge in [0, 0.05) is 17.7 Å². The Morgan fingerprint density at radius 2 is 1.62 bits per heavy atom. The second-order valence-corrected chi connectivity index (χ2v) is 6.84. The molecule has 1 unspecified atom stereocenters. The number of nitro groups is 1. The number of carbonyl (C=O) groups excluding carboxylic acids is 2. The molecule has 1 atom stereocenters. The second kappa shape index (κ2) is 6.56. The van der Waals surface area contributed by atoms with Gasteiger partial charge in [0.2, 0.25) is 5.78 Å². The number of non-ortho nitro benzene ring substituents is 1. The first-order chi connectivity index (χ1) is 13.8. The smallest absolute Gasteiger partial charge is 0.269 e. The Hall–Kier alpha value is -4.00. The molecule has 29 heavy (non-hydrogen) atoms. The van der Waals surface area contributed by atoms with E-state index in [1.54, 1.807) is 24.3 Å². The van der Waals surface area contributed by atoms with E-state index in [-0.39, 0.29) is 34.1 Å². The summed E-state index contributed by atoms with van der Waals surface area (Å²) in [7, 11) is 0. The highest BCUT2D eigenvalue weighted by Crippen LogP contribution is 2.46. The van der Waals surface area contributed by atoms with Crippen molar-refractivity contribution in [3.05, 3.63) is 87.0 Å². The zero-order valence-corrected chi connectivity index (χ0v) is 15.2. The number of aromatic hydroxyl groups is 2. The lowest BCUT2D eigenvalue weighted by atomic mass is 9.74. The number of phenolic OH excluding ortho intramolecular Hbond substituents is 2. The summed E-state index contributed by atoms with van der Waals surface area (Å²) in [5.74, 6) is -2.19. The van der Waals surface area contributed by atoms with E-state index in [0.29, 0.717) is 22.3 Å². The van der Waals surface area contributed by atoms with Gasteiger partial charge in [-0.1, -0.05) is 24.3 Å². The lowest BCUT2D eigenvalue weighted by molar-refractivity contribution is -0.384. The molecule has 0 amide bonds. The van der Waals surface area contributed by atoms with Gasteiger partial charge in [-0.2, -0.15) is 0 Å². The van der Waals surface area contributed by atoms with Crippen molar-refractivity contribution in [3.63, 3.8) is 0 Å². The number of phenols is 2. The summed E-state index contributed by atoms with van der Waals surface area (Å²) in [6.45, 7) is 1.39. The van der Waals surface area contributed by atoms with Crippen LogP contribution in [-0.2, 0) is 4.79 Å². The molecule has 2 N–H and O–H groups in total. The molecule has 0 saturated carbocycles. The van der Waals surface area contributed by atoms with Gasteiger partial charge in [-0.05, 0) is 41.8 Å². The largest absolute Gasteiger partial charge is 0.507 e. The standard InChI is InChI=1S/C22H15NO6/c1-11(24)18-15-3-2-4-17(25)19(15)22(27)20-16(18)10-9-14(21(20)26)12-5-7-13(8-6-12)23(28)29/h2-10,18,25-26H,1H3. The van der Waals surface area contributed by atoms with E-state index in [0.717, 1.165) is 0 Å². The van der Waals surface area contributed by atoms with E-state index in [9.17, 15) is 29.9 Å². The zero-order valence-electron chi connectivity index (χ0n) is 15.2. The summed E-state index contributed by atoms with van der Waals surface area (Å²) < 4.78 is 0. The fourth-order valence-electron chi connectivity index (χ4n) is 3.86. The van der Waals surface area contributed by atoms with Gasteiger partial charge in [0.05, 0.1) is 22.0 Å². The van der Waals surface area contributed by atoms with Crippen LogP contribution in [-0.4, -0.2) is 26.7 Å². The van der Waals surface area contributed by atoms with Gasteiger partial charge in [-0.25, -0.2) is 0 Å². The molecule has 7 nitrogen and oxygen atoms in total. The van der Waals surface area contributed by atoms with Crippen LogP contribution in [0.15, 0.2) is 54.6 Å². The average molecular weight is 389 g/mol. The molecule has 0 spiro atoms. The van der Waals surface area contributed by atoms with Gasteiger partial charge >= 0.3 is 0 Å². The maximum atomic E-state index is 13.1. The van der Waals surface area contributed by atoms with Crippen LogP contribution < -0.4 is 0 Å². The molecule has 4 rings (SSSR count). The molecule has 1 aliphatic rings. The van der Waals surface area contributed by atoms with Crippen LogP contribution in [0.2, 0.25) is 0 Å². The Balaban J connectivity index is 1.94. The third kappa shape index (κ3) is 2.75. The predicted octanol–water partition coefficient (Wildman–Crippen LogP) is 3.94. The van der Waals surface area contributed by atoms with Crippen LogP contribution in [0.3, 0.4) is 0 Å². The normalized spacial score (nSPS) is 14.8. The van der Waals surface area contributed by atoms with Crippen molar-refractivity contribution < 1.29 is 24.7 Å². The highest BCUT2D eigenvalue weighted by atomic mass is 16.6. The molecular weight excluding hydrogens is 374 g/mol. The molecule has 0 bridgehead atoms. The lowest BCUT2D eigenvalue weighted by Crippen LogP contribution is -2.24. The minimum atomic E-state index is -0.790. The highest BCUT2D eigenvalue weighted by molar-refractivity contribution is 6.18.